The van der Waals surface area contributed by atoms with E-state index >= 15 is 0 Å². The van der Waals surface area contributed by atoms with Crippen LogP contribution < -0.4 is 4.57 Å². The highest BCUT2D eigenvalue weighted by Crippen LogP contribution is 2.43. The Morgan fingerprint density at radius 2 is 1.52 bits per heavy atom. The van der Waals surface area contributed by atoms with E-state index in [2.05, 4.69) is 71.5 Å². The molecule has 2 aliphatic carbocycles. The Bertz CT molecular complexity index is 1550. The highest BCUT2D eigenvalue weighted by molar-refractivity contribution is 6.13. The maximum atomic E-state index is 5.51. The molecule has 5 aromatic rings. The molecule has 0 amide bonds. The van der Waals surface area contributed by atoms with Gasteiger partial charge in [0.2, 0.25) is 0 Å². The summed E-state index contributed by atoms with van der Waals surface area (Å²) in [6.45, 7) is 2.31. The second-order valence-electron chi connectivity index (χ2n) is 10.5. The number of para-hydroxylation sites is 2. The average Bonchev–Trinajstić information content (AvgIpc) is 3.61. The minimum atomic E-state index is 0.623. The van der Waals surface area contributed by atoms with Crippen LogP contribution in [-0.2, 0) is 7.05 Å². The summed E-state index contributed by atoms with van der Waals surface area (Å²) in [7, 11) is 2.22. The Kier molecular flexibility index (Phi) is 4.31. The van der Waals surface area contributed by atoms with Crippen molar-refractivity contribution in [1.29, 1.82) is 0 Å². The van der Waals surface area contributed by atoms with Crippen molar-refractivity contribution in [3.8, 4) is 0 Å². The largest absolute Gasteiger partial charge is 0.297 e. The number of hydrogen-bond donors (Lipinski definition) is 0. The second-order valence-corrected chi connectivity index (χ2v) is 10.5. The van der Waals surface area contributed by atoms with Gasteiger partial charge in [0.25, 0.3) is 5.65 Å². The summed E-state index contributed by atoms with van der Waals surface area (Å²) in [6.07, 6.45) is 10.6. The second kappa shape index (κ2) is 7.28. The van der Waals surface area contributed by atoms with Gasteiger partial charge in [-0.3, -0.25) is 4.98 Å². The van der Waals surface area contributed by atoms with Gasteiger partial charge in [0.1, 0.15) is 5.52 Å². The first-order chi connectivity index (χ1) is 16.2. The minimum Gasteiger partial charge on any atom is -0.251 e. The zero-order chi connectivity index (χ0) is 22.1. The van der Waals surface area contributed by atoms with Crippen LogP contribution in [0.5, 0.6) is 0 Å². The van der Waals surface area contributed by atoms with E-state index in [-0.39, 0.29) is 0 Å². The van der Waals surface area contributed by atoms with Crippen LogP contribution in [0.2, 0.25) is 0 Å². The fourth-order valence-electron chi connectivity index (χ4n) is 7.01. The van der Waals surface area contributed by atoms with Crippen molar-refractivity contribution in [2.24, 2.45) is 7.05 Å². The number of rotatable bonds is 2. The summed E-state index contributed by atoms with van der Waals surface area (Å²) >= 11 is 0. The summed E-state index contributed by atoms with van der Waals surface area (Å²) < 4.78 is 4.89. The lowest BCUT2D eigenvalue weighted by molar-refractivity contribution is -0.617. The van der Waals surface area contributed by atoms with Crippen LogP contribution in [0.15, 0.2) is 48.5 Å². The van der Waals surface area contributed by atoms with E-state index in [0.29, 0.717) is 11.8 Å². The van der Waals surface area contributed by atoms with Gasteiger partial charge in [-0.25, -0.2) is 4.57 Å². The first-order valence-electron chi connectivity index (χ1n) is 12.9. The topological polar surface area (TPSA) is 21.2 Å². The van der Waals surface area contributed by atoms with E-state index in [0.717, 1.165) is 0 Å². The minimum absolute atomic E-state index is 0.623. The van der Waals surface area contributed by atoms with Crippen LogP contribution in [0.4, 0.5) is 0 Å². The first kappa shape index (κ1) is 19.5. The predicted molar refractivity (Wildman–Crippen MR) is 136 cm³/mol. The SMILES string of the molecule is Cc1cc(C2CCCC2)nc2c3c(C4CCCC4)cccc3n3c4ccccc4[n+](C)c3c12. The quantitative estimate of drug-likeness (QED) is 0.212. The van der Waals surface area contributed by atoms with Crippen molar-refractivity contribution >= 4 is 38.5 Å². The Morgan fingerprint density at radius 1 is 0.818 bits per heavy atom. The molecule has 2 aliphatic rings. The molecule has 3 heteroatoms. The highest BCUT2D eigenvalue weighted by Gasteiger charge is 2.29. The zero-order valence-electron chi connectivity index (χ0n) is 19.8. The summed E-state index contributed by atoms with van der Waals surface area (Å²) in [6, 6.07) is 18.2. The molecule has 3 aromatic heterocycles. The molecule has 3 nitrogen and oxygen atoms in total. The number of aryl methyl sites for hydroxylation is 2. The monoisotopic (exact) mass is 434 g/mol. The highest BCUT2D eigenvalue weighted by atomic mass is 15.1. The Hall–Kier alpha value is -2.94. The van der Waals surface area contributed by atoms with Gasteiger partial charge in [-0.1, -0.05) is 49.9 Å². The fourth-order valence-corrected chi connectivity index (χ4v) is 7.01. The molecule has 2 fully saturated rings. The van der Waals surface area contributed by atoms with Crippen molar-refractivity contribution < 1.29 is 4.57 Å². The zero-order valence-corrected chi connectivity index (χ0v) is 19.8. The summed E-state index contributed by atoms with van der Waals surface area (Å²) in [5.74, 6) is 1.28. The molecule has 0 spiro atoms. The molecule has 7 rings (SSSR count). The van der Waals surface area contributed by atoms with Crippen LogP contribution in [0, 0.1) is 6.92 Å². The molecule has 0 unspecified atom stereocenters. The molecule has 0 N–H and O–H groups in total. The Balaban J connectivity index is 1.72. The lowest BCUT2D eigenvalue weighted by atomic mass is 9.91. The number of hydrogen-bond acceptors (Lipinski definition) is 1. The smallest absolute Gasteiger partial charge is 0.251 e. The molecule has 0 aliphatic heterocycles. The number of nitrogens with zero attached hydrogens (tertiary/aromatic N) is 3. The Morgan fingerprint density at radius 3 is 2.30 bits per heavy atom. The summed E-state index contributed by atoms with van der Waals surface area (Å²) in [4.78, 5) is 5.51. The number of aromatic nitrogens is 3. The fraction of sp³-hybridized carbons (Fsp3) is 0.400. The standard InChI is InChI=1S/C30H32N3/c1-19-18-23(21-12-5-6-13-21)31-29-27(19)30-32(2)24-15-7-8-16-25(24)33(30)26-17-9-14-22(28(26)29)20-10-3-4-11-20/h7-9,14-18,20-21H,3-6,10-13H2,1-2H3/q+1. The van der Waals surface area contributed by atoms with Crippen molar-refractivity contribution in [3.05, 3.63) is 65.4 Å². The third kappa shape index (κ3) is 2.74. The normalized spacial score (nSPS) is 18.0. The molecule has 33 heavy (non-hydrogen) atoms. The van der Waals surface area contributed by atoms with Gasteiger partial charge in [-0.05, 0) is 73.9 Å². The van der Waals surface area contributed by atoms with E-state index < -0.39 is 0 Å². The van der Waals surface area contributed by atoms with Crippen LogP contribution in [0.25, 0.3) is 38.5 Å². The maximum absolute atomic E-state index is 5.51. The Labute approximate surface area is 195 Å². The van der Waals surface area contributed by atoms with Gasteiger partial charge in [0, 0.05) is 11.6 Å². The number of fused-ring (bicyclic) bond motifs is 8. The van der Waals surface area contributed by atoms with Gasteiger partial charge in [0.05, 0.1) is 23.3 Å². The molecular weight excluding hydrogens is 402 g/mol. The molecule has 2 aromatic carbocycles. The van der Waals surface area contributed by atoms with Gasteiger partial charge in [0.15, 0.2) is 11.0 Å². The van der Waals surface area contributed by atoms with Crippen molar-refractivity contribution in [1.82, 2.24) is 9.38 Å². The van der Waals surface area contributed by atoms with Gasteiger partial charge in [-0.2, -0.15) is 4.40 Å². The van der Waals surface area contributed by atoms with Crippen LogP contribution >= 0.6 is 0 Å². The van der Waals surface area contributed by atoms with Crippen LogP contribution in [0.1, 0.15) is 80.0 Å². The molecule has 2 saturated carbocycles. The van der Waals surface area contributed by atoms with Crippen molar-refractivity contribution in [3.63, 3.8) is 0 Å². The number of pyridine rings is 2. The molecule has 166 valence electrons. The van der Waals surface area contributed by atoms with Gasteiger partial charge in [-0.15, -0.1) is 0 Å². The molecule has 0 saturated heterocycles. The lowest BCUT2D eigenvalue weighted by Gasteiger charge is -2.17. The van der Waals surface area contributed by atoms with E-state index in [1.165, 1.54) is 107 Å². The molecule has 3 heterocycles. The van der Waals surface area contributed by atoms with E-state index in [9.17, 15) is 0 Å². The maximum Gasteiger partial charge on any atom is 0.297 e. The van der Waals surface area contributed by atoms with E-state index in [1.54, 1.807) is 0 Å². The first-order valence-corrected chi connectivity index (χ1v) is 12.9. The van der Waals surface area contributed by atoms with Crippen LogP contribution in [0.3, 0.4) is 0 Å². The lowest BCUT2D eigenvalue weighted by Crippen LogP contribution is -2.27. The van der Waals surface area contributed by atoms with Gasteiger partial charge < -0.3 is 0 Å². The number of imidazole rings is 1. The van der Waals surface area contributed by atoms with E-state index in [1.807, 2.05) is 0 Å². The molecule has 0 atom stereocenters. The average molecular weight is 435 g/mol. The van der Waals surface area contributed by atoms with E-state index in [4.69, 9.17) is 4.98 Å². The van der Waals surface area contributed by atoms with Crippen molar-refractivity contribution in [2.75, 3.05) is 0 Å². The number of benzene rings is 2. The summed E-state index contributed by atoms with van der Waals surface area (Å²) in [5, 5.41) is 2.73. The molecule has 0 radical (unpaired) electrons. The van der Waals surface area contributed by atoms with Crippen LogP contribution in [-0.4, -0.2) is 9.38 Å². The van der Waals surface area contributed by atoms with Crippen molar-refractivity contribution in [2.45, 2.75) is 70.1 Å². The van der Waals surface area contributed by atoms with Gasteiger partial charge >= 0.3 is 0 Å². The third-order valence-electron chi connectivity index (χ3n) is 8.59. The third-order valence-corrected chi connectivity index (χ3v) is 8.59. The summed E-state index contributed by atoms with van der Waals surface area (Å²) in [5.41, 5.74) is 10.6. The predicted octanol–water partition coefficient (Wildman–Crippen LogP) is 7.24. The molecular formula is C30H32N3+. The molecule has 0 bridgehead atoms.